The molecule has 1 heterocycles. The molecule has 0 spiro atoms. The summed E-state index contributed by atoms with van der Waals surface area (Å²) in [5.74, 6) is -1.18. The van der Waals surface area contributed by atoms with E-state index in [2.05, 4.69) is 22.4 Å². The first-order valence-corrected chi connectivity index (χ1v) is 10.1. The summed E-state index contributed by atoms with van der Waals surface area (Å²) in [7, 11) is 0. The van der Waals surface area contributed by atoms with Crippen molar-refractivity contribution in [2.45, 2.75) is 13.0 Å². The molecule has 7 heteroatoms. The number of anilines is 1. The number of hydrogen-bond donors (Lipinski definition) is 2. The fourth-order valence-corrected chi connectivity index (χ4v) is 4.04. The SMILES string of the molecule is O=C(Nc1ccc2c(c1)Cc1ccccc1-2)c1c[nH]c(=O)n(Cc2ccccc2F)c1=O. The number of aromatic nitrogens is 2. The van der Waals surface area contributed by atoms with Gasteiger partial charge in [-0.1, -0.05) is 48.5 Å². The van der Waals surface area contributed by atoms with Crippen molar-refractivity contribution in [1.82, 2.24) is 9.55 Å². The fraction of sp³-hybridized carbons (Fsp3) is 0.0800. The van der Waals surface area contributed by atoms with Gasteiger partial charge >= 0.3 is 5.69 Å². The van der Waals surface area contributed by atoms with E-state index in [-0.39, 0.29) is 17.7 Å². The predicted octanol–water partition coefficient (Wildman–Crippen LogP) is 3.55. The second kappa shape index (κ2) is 7.77. The molecule has 1 aliphatic carbocycles. The molecule has 1 aromatic heterocycles. The van der Waals surface area contributed by atoms with Crippen molar-refractivity contribution in [3.8, 4) is 11.1 Å². The lowest BCUT2D eigenvalue weighted by atomic mass is 10.1. The Bertz CT molecular complexity index is 1490. The largest absolute Gasteiger partial charge is 0.328 e. The minimum absolute atomic E-state index is 0.177. The first-order valence-electron chi connectivity index (χ1n) is 10.1. The number of rotatable bonds is 4. The molecule has 6 nitrogen and oxygen atoms in total. The van der Waals surface area contributed by atoms with E-state index < -0.39 is 23.0 Å². The van der Waals surface area contributed by atoms with Crippen LogP contribution in [0.15, 0.2) is 82.5 Å². The second-order valence-electron chi connectivity index (χ2n) is 7.65. The number of carbonyl (C=O) groups is 1. The normalized spacial score (nSPS) is 11.7. The number of halogens is 1. The van der Waals surface area contributed by atoms with Crippen LogP contribution in [0.1, 0.15) is 27.0 Å². The summed E-state index contributed by atoms with van der Waals surface area (Å²) < 4.78 is 14.8. The third-order valence-corrected chi connectivity index (χ3v) is 5.64. The molecule has 0 saturated carbocycles. The lowest BCUT2D eigenvalue weighted by molar-refractivity contribution is 0.102. The molecule has 1 aliphatic rings. The summed E-state index contributed by atoms with van der Waals surface area (Å²) >= 11 is 0. The highest BCUT2D eigenvalue weighted by molar-refractivity contribution is 6.04. The molecule has 5 rings (SSSR count). The van der Waals surface area contributed by atoms with Gasteiger partial charge in [-0.3, -0.25) is 14.2 Å². The van der Waals surface area contributed by atoms with Gasteiger partial charge in [0.1, 0.15) is 11.4 Å². The smallest absolute Gasteiger partial charge is 0.322 e. The van der Waals surface area contributed by atoms with Crippen molar-refractivity contribution in [1.29, 1.82) is 0 Å². The first-order chi connectivity index (χ1) is 15.5. The summed E-state index contributed by atoms with van der Waals surface area (Å²) in [6.45, 7) is -0.279. The Labute approximate surface area is 182 Å². The van der Waals surface area contributed by atoms with Gasteiger partial charge in [0.15, 0.2) is 0 Å². The van der Waals surface area contributed by atoms with Gasteiger partial charge in [0.05, 0.1) is 6.54 Å². The number of nitrogens with zero attached hydrogens (tertiary/aromatic N) is 1. The predicted molar refractivity (Wildman–Crippen MR) is 119 cm³/mol. The highest BCUT2D eigenvalue weighted by Crippen LogP contribution is 2.37. The Morgan fingerprint density at radius 3 is 2.56 bits per heavy atom. The van der Waals surface area contributed by atoms with E-state index in [9.17, 15) is 18.8 Å². The molecule has 0 atom stereocenters. The molecule has 0 aliphatic heterocycles. The van der Waals surface area contributed by atoms with E-state index in [1.165, 1.54) is 29.3 Å². The van der Waals surface area contributed by atoms with Crippen molar-refractivity contribution < 1.29 is 9.18 Å². The van der Waals surface area contributed by atoms with Crippen LogP contribution in [0.2, 0.25) is 0 Å². The summed E-state index contributed by atoms with van der Waals surface area (Å²) in [6, 6.07) is 19.6. The summed E-state index contributed by atoms with van der Waals surface area (Å²) in [6.07, 6.45) is 1.85. The lowest BCUT2D eigenvalue weighted by Crippen LogP contribution is -2.39. The van der Waals surface area contributed by atoms with E-state index in [1.807, 2.05) is 24.3 Å². The molecular weight excluding hydrogens is 409 g/mol. The molecule has 0 saturated heterocycles. The number of fused-ring (bicyclic) bond motifs is 3. The molecule has 4 aromatic rings. The highest BCUT2D eigenvalue weighted by atomic mass is 19.1. The maximum Gasteiger partial charge on any atom is 0.328 e. The molecule has 2 N–H and O–H groups in total. The Kier molecular flexibility index (Phi) is 4.78. The van der Waals surface area contributed by atoms with Gasteiger partial charge in [-0.05, 0) is 46.9 Å². The van der Waals surface area contributed by atoms with E-state index in [4.69, 9.17) is 0 Å². The third-order valence-electron chi connectivity index (χ3n) is 5.64. The highest BCUT2D eigenvalue weighted by Gasteiger charge is 2.20. The van der Waals surface area contributed by atoms with Crippen molar-refractivity contribution >= 4 is 11.6 Å². The number of amides is 1. The van der Waals surface area contributed by atoms with Crippen LogP contribution in [0.3, 0.4) is 0 Å². The summed E-state index contributed by atoms with van der Waals surface area (Å²) in [4.78, 5) is 40.2. The van der Waals surface area contributed by atoms with Crippen LogP contribution in [0.25, 0.3) is 11.1 Å². The van der Waals surface area contributed by atoms with Crippen molar-refractivity contribution in [3.63, 3.8) is 0 Å². The number of carbonyl (C=O) groups excluding carboxylic acids is 1. The molecule has 0 bridgehead atoms. The molecule has 32 heavy (non-hydrogen) atoms. The second-order valence-corrected chi connectivity index (χ2v) is 7.65. The minimum Gasteiger partial charge on any atom is -0.322 e. The van der Waals surface area contributed by atoms with Crippen LogP contribution in [0.5, 0.6) is 0 Å². The summed E-state index contributed by atoms with van der Waals surface area (Å²) in [5, 5.41) is 2.73. The van der Waals surface area contributed by atoms with Crippen molar-refractivity contribution in [2.24, 2.45) is 0 Å². The van der Waals surface area contributed by atoms with Crippen LogP contribution in [0, 0.1) is 5.82 Å². The fourth-order valence-electron chi connectivity index (χ4n) is 4.04. The average Bonchev–Trinajstić information content (AvgIpc) is 3.15. The number of benzene rings is 3. The zero-order valence-electron chi connectivity index (χ0n) is 16.9. The zero-order valence-corrected chi connectivity index (χ0v) is 16.9. The molecule has 1 amide bonds. The standard InChI is InChI=1S/C25H18FN3O3/c26-22-8-4-2-6-16(22)14-29-24(31)21(13-27-25(29)32)23(30)28-18-9-10-20-17(12-18)11-15-5-1-3-7-19(15)20/h1-10,12-13H,11,14H2,(H,27,32)(H,28,30). The van der Waals surface area contributed by atoms with Crippen LogP contribution >= 0.6 is 0 Å². The van der Waals surface area contributed by atoms with Gasteiger partial charge in [0, 0.05) is 17.4 Å². The first kappa shape index (κ1) is 19.7. The van der Waals surface area contributed by atoms with Crippen LogP contribution in [-0.2, 0) is 13.0 Å². The molecule has 158 valence electrons. The Morgan fingerprint density at radius 1 is 0.969 bits per heavy atom. The number of aromatic amines is 1. The van der Waals surface area contributed by atoms with Crippen molar-refractivity contribution in [2.75, 3.05) is 5.32 Å². The lowest BCUT2D eigenvalue weighted by Gasteiger charge is -2.10. The van der Waals surface area contributed by atoms with E-state index >= 15 is 0 Å². The number of nitrogens with one attached hydrogen (secondary N) is 2. The molecule has 0 radical (unpaired) electrons. The van der Waals surface area contributed by atoms with Gasteiger partial charge < -0.3 is 10.3 Å². The summed E-state index contributed by atoms with van der Waals surface area (Å²) in [5.41, 5.74) is 3.60. The monoisotopic (exact) mass is 427 g/mol. The molecular formula is C25H18FN3O3. The zero-order chi connectivity index (χ0) is 22.2. The van der Waals surface area contributed by atoms with Crippen LogP contribution < -0.4 is 16.6 Å². The van der Waals surface area contributed by atoms with E-state index in [0.717, 1.165) is 28.3 Å². The van der Waals surface area contributed by atoms with Gasteiger partial charge in [-0.15, -0.1) is 0 Å². The number of H-pyrrole nitrogens is 1. The Hall–Kier alpha value is -4.26. The van der Waals surface area contributed by atoms with Gasteiger partial charge in [0.25, 0.3) is 11.5 Å². The van der Waals surface area contributed by atoms with Crippen LogP contribution in [-0.4, -0.2) is 15.5 Å². The molecule has 0 unspecified atom stereocenters. The van der Waals surface area contributed by atoms with Gasteiger partial charge in [-0.2, -0.15) is 0 Å². The van der Waals surface area contributed by atoms with E-state index in [1.54, 1.807) is 12.1 Å². The quantitative estimate of drug-likeness (QED) is 0.460. The maximum absolute atomic E-state index is 14.0. The topological polar surface area (TPSA) is 84.0 Å². The van der Waals surface area contributed by atoms with Gasteiger partial charge in [-0.25, -0.2) is 9.18 Å². The third kappa shape index (κ3) is 3.43. The van der Waals surface area contributed by atoms with Gasteiger partial charge in [0.2, 0.25) is 0 Å². The molecule has 3 aromatic carbocycles. The Balaban J connectivity index is 1.42. The van der Waals surface area contributed by atoms with E-state index in [0.29, 0.717) is 5.69 Å². The maximum atomic E-state index is 14.0. The molecule has 0 fully saturated rings. The Morgan fingerprint density at radius 2 is 1.72 bits per heavy atom. The average molecular weight is 427 g/mol. The van der Waals surface area contributed by atoms with Crippen LogP contribution in [0.4, 0.5) is 10.1 Å². The van der Waals surface area contributed by atoms with Crippen molar-refractivity contribution in [3.05, 3.63) is 122 Å². The minimum atomic E-state index is -0.789. The number of hydrogen-bond acceptors (Lipinski definition) is 3.